The molecule has 2 aromatic carbocycles. The number of hydrogen-bond acceptors (Lipinski definition) is 4. The first-order chi connectivity index (χ1) is 16.1. The van der Waals surface area contributed by atoms with Crippen LogP contribution in [0.1, 0.15) is 44.4 Å². The first-order valence-electron chi connectivity index (χ1n) is 11.3. The highest BCUT2D eigenvalue weighted by Crippen LogP contribution is 2.38. The number of thiophene rings is 1. The minimum Gasteiger partial charge on any atom is -0.385 e. The molecule has 172 valence electrons. The van der Waals surface area contributed by atoms with E-state index in [1.165, 1.54) is 16.0 Å². The fourth-order valence-corrected chi connectivity index (χ4v) is 5.27. The maximum absolute atomic E-state index is 13.7. The molecule has 4 rings (SSSR count). The number of fused-ring (bicyclic) bond motifs is 1. The average molecular weight is 463 g/mol. The zero-order valence-corrected chi connectivity index (χ0v) is 20.0. The molecule has 2 amide bonds. The molecule has 3 aromatic rings. The second-order valence-electron chi connectivity index (χ2n) is 8.39. The van der Waals surface area contributed by atoms with Crippen LogP contribution in [0.2, 0.25) is 0 Å². The molecular weight excluding hydrogens is 432 g/mol. The SMILES string of the molecule is COCCCN(CC(=O)N1CCc2sccc2C1c1ccc(C)cc1)C(=O)c1ccccc1. The van der Waals surface area contributed by atoms with E-state index in [0.29, 0.717) is 31.7 Å². The molecule has 1 aliphatic rings. The van der Waals surface area contributed by atoms with E-state index in [1.54, 1.807) is 35.5 Å². The van der Waals surface area contributed by atoms with Gasteiger partial charge in [0.15, 0.2) is 0 Å². The van der Waals surface area contributed by atoms with Crippen LogP contribution in [-0.2, 0) is 16.0 Å². The number of amides is 2. The van der Waals surface area contributed by atoms with Crippen LogP contribution in [0.3, 0.4) is 0 Å². The van der Waals surface area contributed by atoms with Crippen LogP contribution in [0.15, 0.2) is 66.0 Å². The maximum Gasteiger partial charge on any atom is 0.254 e. The number of carbonyl (C=O) groups excluding carboxylic acids is 2. The van der Waals surface area contributed by atoms with Gasteiger partial charge in [0.25, 0.3) is 5.91 Å². The largest absolute Gasteiger partial charge is 0.385 e. The highest BCUT2D eigenvalue weighted by atomic mass is 32.1. The Kier molecular flexibility index (Phi) is 7.57. The summed E-state index contributed by atoms with van der Waals surface area (Å²) in [4.78, 5) is 31.8. The maximum atomic E-state index is 13.7. The highest BCUT2D eigenvalue weighted by molar-refractivity contribution is 7.10. The smallest absolute Gasteiger partial charge is 0.254 e. The van der Waals surface area contributed by atoms with E-state index in [2.05, 4.69) is 42.6 Å². The Bertz CT molecular complexity index is 1080. The number of ether oxygens (including phenoxy) is 1. The summed E-state index contributed by atoms with van der Waals surface area (Å²) in [7, 11) is 1.65. The first kappa shape index (κ1) is 23.2. The Labute approximate surface area is 199 Å². The third kappa shape index (κ3) is 5.34. The number of carbonyl (C=O) groups is 2. The van der Waals surface area contributed by atoms with Crippen molar-refractivity contribution in [3.8, 4) is 0 Å². The monoisotopic (exact) mass is 462 g/mol. The lowest BCUT2D eigenvalue weighted by Crippen LogP contribution is -2.47. The van der Waals surface area contributed by atoms with Crippen molar-refractivity contribution in [3.05, 3.63) is 93.2 Å². The van der Waals surface area contributed by atoms with Gasteiger partial charge in [0.2, 0.25) is 5.91 Å². The van der Waals surface area contributed by atoms with Crippen molar-refractivity contribution < 1.29 is 14.3 Å². The van der Waals surface area contributed by atoms with Gasteiger partial charge in [-0.05, 0) is 54.5 Å². The number of nitrogens with zero attached hydrogens (tertiary/aromatic N) is 2. The van der Waals surface area contributed by atoms with Gasteiger partial charge in [-0.15, -0.1) is 11.3 Å². The van der Waals surface area contributed by atoms with Crippen molar-refractivity contribution in [2.75, 3.05) is 33.4 Å². The van der Waals surface area contributed by atoms with Gasteiger partial charge in [-0.3, -0.25) is 9.59 Å². The fourth-order valence-electron chi connectivity index (χ4n) is 4.36. The topological polar surface area (TPSA) is 49.9 Å². The molecule has 0 N–H and O–H groups in total. The molecule has 0 spiro atoms. The van der Waals surface area contributed by atoms with Crippen molar-refractivity contribution >= 4 is 23.2 Å². The average Bonchev–Trinajstić information content (AvgIpc) is 3.32. The van der Waals surface area contributed by atoms with Crippen molar-refractivity contribution in [1.29, 1.82) is 0 Å². The summed E-state index contributed by atoms with van der Waals surface area (Å²) in [5.74, 6) is -0.153. The zero-order valence-electron chi connectivity index (χ0n) is 19.2. The summed E-state index contributed by atoms with van der Waals surface area (Å²) in [6, 6.07) is 19.6. The number of methoxy groups -OCH3 is 1. The van der Waals surface area contributed by atoms with Crippen LogP contribution < -0.4 is 0 Å². The van der Waals surface area contributed by atoms with Crippen molar-refractivity contribution in [3.63, 3.8) is 0 Å². The van der Waals surface area contributed by atoms with Crippen LogP contribution >= 0.6 is 11.3 Å². The van der Waals surface area contributed by atoms with Gasteiger partial charge < -0.3 is 14.5 Å². The lowest BCUT2D eigenvalue weighted by molar-refractivity contribution is -0.134. The van der Waals surface area contributed by atoms with E-state index in [0.717, 1.165) is 12.0 Å². The van der Waals surface area contributed by atoms with Crippen molar-refractivity contribution in [1.82, 2.24) is 9.80 Å². The minimum atomic E-state index is -0.125. The van der Waals surface area contributed by atoms with Crippen LogP contribution in [0, 0.1) is 6.92 Å². The number of benzene rings is 2. The predicted octanol–water partition coefficient (Wildman–Crippen LogP) is 4.71. The molecule has 0 saturated carbocycles. The van der Waals surface area contributed by atoms with Gasteiger partial charge in [-0.2, -0.15) is 0 Å². The Balaban J connectivity index is 1.59. The molecule has 2 heterocycles. The molecule has 0 saturated heterocycles. The van der Waals surface area contributed by atoms with Crippen LogP contribution in [0.25, 0.3) is 0 Å². The third-order valence-electron chi connectivity index (χ3n) is 6.09. The quantitative estimate of drug-likeness (QED) is 0.456. The summed E-state index contributed by atoms with van der Waals surface area (Å²) in [6.45, 7) is 3.78. The van der Waals surface area contributed by atoms with Gasteiger partial charge in [-0.1, -0.05) is 48.0 Å². The molecule has 1 aromatic heterocycles. The van der Waals surface area contributed by atoms with Gasteiger partial charge in [0.1, 0.15) is 6.54 Å². The van der Waals surface area contributed by atoms with Crippen LogP contribution in [0.5, 0.6) is 0 Å². The van der Waals surface area contributed by atoms with E-state index in [1.807, 2.05) is 23.1 Å². The molecule has 1 unspecified atom stereocenters. The van der Waals surface area contributed by atoms with Gasteiger partial charge in [-0.25, -0.2) is 0 Å². The summed E-state index contributed by atoms with van der Waals surface area (Å²) in [6.07, 6.45) is 1.52. The second kappa shape index (κ2) is 10.8. The van der Waals surface area contributed by atoms with E-state index < -0.39 is 0 Å². The summed E-state index contributed by atoms with van der Waals surface area (Å²) in [5.41, 5.74) is 4.09. The molecule has 6 heteroatoms. The Morgan fingerprint density at radius 1 is 1.09 bits per heavy atom. The molecular formula is C27H30N2O3S. The standard InChI is InChI=1S/C27H30N2O3S/c1-20-9-11-21(12-10-20)26-23-14-18-33-24(23)13-16-29(26)25(30)19-28(15-6-17-32-2)27(31)22-7-4-3-5-8-22/h3-5,7-12,14,18,26H,6,13,15-17,19H2,1-2H3. The summed E-state index contributed by atoms with van der Waals surface area (Å²) in [5, 5.41) is 2.11. The first-order valence-corrected chi connectivity index (χ1v) is 12.2. The van der Waals surface area contributed by atoms with Gasteiger partial charge in [0, 0.05) is 37.2 Å². The normalized spacial score (nSPS) is 15.2. The minimum absolute atomic E-state index is 0.0286. The molecule has 33 heavy (non-hydrogen) atoms. The molecule has 0 fully saturated rings. The van der Waals surface area contributed by atoms with Crippen LogP contribution in [0.4, 0.5) is 0 Å². The van der Waals surface area contributed by atoms with Crippen molar-refractivity contribution in [2.24, 2.45) is 0 Å². The molecule has 1 aliphatic heterocycles. The lowest BCUT2D eigenvalue weighted by Gasteiger charge is -2.37. The Morgan fingerprint density at radius 2 is 1.85 bits per heavy atom. The molecule has 0 aliphatic carbocycles. The second-order valence-corrected chi connectivity index (χ2v) is 9.39. The molecule has 0 bridgehead atoms. The van der Waals surface area contributed by atoms with E-state index in [9.17, 15) is 9.59 Å². The van der Waals surface area contributed by atoms with Crippen molar-refractivity contribution in [2.45, 2.75) is 25.8 Å². The molecule has 5 nitrogen and oxygen atoms in total. The molecule has 0 radical (unpaired) electrons. The third-order valence-corrected chi connectivity index (χ3v) is 7.09. The van der Waals surface area contributed by atoms with Crippen LogP contribution in [-0.4, -0.2) is 55.0 Å². The number of aryl methyl sites for hydroxylation is 1. The molecule has 1 atom stereocenters. The fraction of sp³-hybridized carbons (Fsp3) is 0.333. The lowest BCUT2D eigenvalue weighted by atomic mass is 9.92. The predicted molar refractivity (Wildman–Crippen MR) is 132 cm³/mol. The van der Waals surface area contributed by atoms with Gasteiger partial charge in [0.05, 0.1) is 6.04 Å². The summed E-state index contributed by atoms with van der Waals surface area (Å²) < 4.78 is 5.18. The van der Waals surface area contributed by atoms with Gasteiger partial charge >= 0.3 is 0 Å². The Hall–Kier alpha value is -2.96. The van der Waals surface area contributed by atoms with E-state index >= 15 is 0 Å². The number of hydrogen-bond donors (Lipinski definition) is 0. The van der Waals surface area contributed by atoms with E-state index in [-0.39, 0.29) is 24.4 Å². The summed E-state index contributed by atoms with van der Waals surface area (Å²) >= 11 is 1.75. The number of rotatable bonds is 8. The highest BCUT2D eigenvalue weighted by Gasteiger charge is 2.34. The zero-order chi connectivity index (χ0) is 23.2. The Morgan fingerprint density at radius 3 is 2.58 bits per heavy atom. The van der Waals surface area contributed by atoms with E-state index in [4.69, 9.17) is 4.74 Å².